The third-order valence-electron chi connectivity index (χ3n) is 5.07. The van der Waals surface area contributed by atoms with Crippen molar-refractivity contribution in [3.63, 3.8) is 0 Å². The fourth-order valence-corrected chi connectivity index (χ4v) is 3.41. The van der Waals surface area contributed by atoms with E-state index in [-0.39, 0.29) is 0 Å². The van der Waals surface area contributed by atoms with Crippen molar-refractivity contribution >= 4 is 5.97 Å². The molecule has 3 rings (SSSR count). The van der Waals surface area contributed by atoms with Crippen LogP contribution in [0.15, 0.2) is 91.0 Å². The Morgan fingerprint density at radius 2 is 1.23 bits per heavy atom. The standard InChI is InChI=1S/C24H27N.C3H6O3/c1-20(19-21-11-5-2-6-12-21)25-18-17-24(22-13-7-3-8-14-22)23-15-9-4-10-16-23;1-2(4)3(5)6/h2-16,20,24-25H,17-19H2,1H3;2,4H,1H3,(H,5,6). The van der Waals surface area contributed by atoms with Gasteiger partial charge in [0.1, 0.15) is 6.10 Å². The van der Waals surface area contributed by atoms with Crippen LogP contribution in [-0.4, -0.2) is 34.9 Å². The number of benzene rings is 3. The van der Waals surface area contributed by atoms with E-state index in [1.54, 1.807) is 0 Å². The van der Waals surface area contributed by atoms with E-state index in [2.05, 4.69) is 103 Å². The van der Waals surface area contributed by atoms with Crippen molar-refractivity contribution in [2.45, 2.75) is 44.8 Å². The van der Waals surface area contributed by atoms with Gasteiger partial charge in [0.2, 0.25) is 0 Å². The number of hydrogen-bond acceptors (Lipinski definition) is 3. The highest BCUT2D eigenvalue weighted by molar-refractivity contribution is 5.71. The first-order valence-corrected chi connectivity index (χ1v) is 10.8. The summed E-state index contributed by atoms with van der Waals surface area (Å²) < 4.78 is 0. The van der Waals surface area contributed by atoms with E-state index in [0.717, 1.165) is 19.4 Å². The molecule has 3 aromatic rings. The lowest BCUT2D eigenvalue weighted by molar-refractivity contribution is -0.145. The fraction of sp³-hybridized carbons (Fsp3) is 0.296. The Kier molecular flexibility index (Phi) is 10.5. The maximum atomic E-state index is 9.45. The highest BCUT2D eigenvalue weighted by Gasteiger charge is 2.14. The summed E-state index contributed by atoms with van der Waals surface area (Å²) in [5.74, 6) is -0.742. The smallest absolute Gasteiger partial charge is 0.332 e. The predicted octanol–water partition coefficient (Wildman–Crippen LogP) is 4.88. The third-order valence-corrected chi connectivity index (χ3v) is 5.07. The average Bonchev–Trinajstić information content (AvgIpc) is 2.79. The van der Waals surface area contributed by atoms with Crippen molar-refractivity contribution in [2.24, 2.45) is 0 Å². The molecule has 2 unspecified atom stereocenters. The van der Waals surface area contributed by atoms with Gasteiger partial charge in [-0.15, -0.1) is 0 Å². The predicted molar refractivity (Wildman–Crippen MR) is 126 cm³/mol. The zero-order chi connectivity index (χ0) is 22.5. The maximum absolute atomic E-state index is 9.45. The Morgan fingerprint density at radius 1 is 0.806 bits per heavy atom. The van der Waals surface area contributed by atoms with Gasteiger partial charge in [0.25, 0.3) is 0 Å². The lowest BCUT2D eigenvalue weighted by atomic mass is 9.88. The van der Waals surface area contributed by atoms with Crippen LogP contribution < -0.4 is 5.32 Å². The zero-order valence-corrected chi connectivity index (χ0v) is 18.3. The molecule has 0 aliphatic rings. The number of nitrogens with one attached hydrogen (secondary N) is 1. The van der Waals surface area contributed by atoms with Crippen LogP contribution in [-0.2, 0) is 11.2 Å². The molecule has 0 amide bonds. The van der Waals surface area contributed by atoms with Gasteiger partial charge in [-0.2, -0.15) is 0 Å². The van der Waals surface area contributed by atoms with Gasteiger partial charge in [-0.1, -0.05) is 91.0 Å². The van der Waals surface area contributed by atoms with Crippen molar-refractivity contribution in [3.8, 4) is 0 Å². The minimum Gasteiger partial charge on any atom is -0.479 e. The van der Waals surface area contributed by atoms with E-state index in [1.807, 2.05) is 0 Å². The Hall–Kier alpha value is -2.95. The quantitative estimate of drug-likeness (QED) is 0.462. The molecule has 0 bridgehead atoms. The molecule has 0 radical (unpaired) electrons. The second-order valence-corrected chi connectivity index (χ2v) is 7.72. The van der Waals surface area contributed by atoms with Gasteiger partial charge < -0.3 is 15.5 Å². The first-order chi connectivity index (χ1) is 15.0. The van der Waals surface area contributed by atoms with E-state index in [1.165, 1.54) is 23.6 Å². The molecule has 3 N–H and O–H groups in total. The van der Waals surface area contributed by atoms with Crippen LogP contribution in [0.4, 0.5) is 0 Å². The molecule has 0 saturated carbocycles. The highest BCUT2D eigenvalue weighted by Crippen LogP contribution is 2.27. The molecule has 0 aromatic heterocycles. The summed E-state index contributed by atoms with van der Waals surface area (Å²) in [5.41, 5.74) is 4.18. The van der Waals surface area contributed by atoms with Gasteiger partial charge in [-0.05, 0) is 49.9 Å². The summed E-state index contributed by atoms with van der Waals surface area (Å²) in [7, 11) is 0. The number of rotatable bonds is 9. The van der Waals surface area contributed by atoms with Crippen LogP contribution in [0.25, 0.3) is 0 Å². The first-order valence-electron chi connectivity index (χ1n) is 10.8. The second-order valence-electron chi connectivity index (χ2n) is 7.72. The average molecular weight is 420 g/mol. The molecule has 31 heavy (non-hydrogen) atoms. The van der Waals surface area contributed by atoms with Gasteiger partial charge in [0, 0.05) is 12.0 Å². The fourth-order valence-electron chi connectivity index (χ4n) is 3.41. The normalized spacial score (nSPS) is 12.5. The lowest BCUT2D eigenvalue weighted by Gasteiger charge is -2.20. The van der Waals surface area contributed by atoms with Crippen LogP contribution >= 0.6 is 0 Å². The van der Waals surface area contributed by atoms with E-state index in [9.17, 15) is 4.79 Å². The summed E-state index contributed by atoms with van der Waals surface area (Å²) in [4.78, 5) is 9.45. The van der Waals surface area contributed by atoms with Crippen LogP contribution in [0.3, 0.4) is 0 Å². The molecular weight excluding hydrogens is 386 g/mol. The van der Waals surface area contributed by atoms with Crippen molar-refractivity contribution in [1.29, 1.82) is 0 Å². The number of aliphatic hydroxyl groups is 1. The number of hydrogen-bond donors (Lipinski definition) is 3. The van der Waals surface area contributed by atoms with Crippen molar-refractivity contribution < 1.29 is 15.0 Å². The van der Waals surface area contributed by atoms with E-state index < -0.39 is 12.1 Å². The van der Waals surface area contributed by atoms with Gasteiger partial charge in [0.15, 0.2) is 0 Å². The van der Waals surface area contributed by atoms with Crippen LogP contribution in [0.2, 0.25) is 0 Å². The zero-order valence-electron chi connectivity index (χ0n) is 18.3. The molecule has 0 spiro atoms. The Bertz CT molecular complexity index is 827. The molecule has 0 aliphatic heterocycles. The molecular formula is C27H33NO3. The van der Waals surface area contributed by atoms with Gasteiger partial charge in [-0.3, -0.25) is 0 Å². The second kappa shape index (κ2) is 13.4. The summed E-state index contributed by atoms with van der Waals surface area (Å²) >= 11 is 0. The molecule has 4 heteroatoms. The number of aliphatic hydroxyl groups excluding tert-OH is 1. The Morgan fingerprint density at radius 3 is 1.65 bits per heavy atom. The van der Waals surface area contributed by atoms with E-state index >= 15 is 0 Å². The Labute approximate surface area is 185 Å². The van der Waals surface area contributed by atoms with Crippen LogP contribution in [0.1, 0.15) is 42.9 Å². The molecule has 4 nitrogen and oxygen atoms in total. The van der Waals surface area contributed by atoms with Crippen molar-refractivity contribution in [3.05, 3.63) is 108 Å². The SMILES string of the molecule is CC(Cc1ccccc1)NCCC(c1ccccc1)c1ccccc1.CC(O)C(=O)O. The molecule has 3 aromatic carbocycles. The van der Waals surface area contributed by atoms with E-state index in [0.29, 0.717) is 12.0 Å². The molecule has 0 fully saturated rings. The van der Waals surface area contributed by atoms with Crippen molar-refractivity contribution in [1.82, 2.24) is 5.32 Å². The maximum Gasteiger partial charge on any atom is 0.332 e. The Balaban J connectivity index is 0.000000501. The highest BCUT2D eigenvalue weighted by atomic mass is 16.4. The van der Waals surface area contributed by atoms with Crippen LogP contribution in [0.5, 0.6) is 0 Å². The summed E-state index contributed by atoms with van der Waals surface area (Å²) in [5, 5.41) is 19.5. The number of carboxylic acid groups (broad SMARTS) is 1. The molecule has 164 valence electrons. The van der Waals surface area contributed by atoms with Gasteiger partial charge >= 0.3 is 5.97 Å². The first kappa shape index (κ1) is 24.3. The number of aliphatic carboxylic acids is 1. The minimum atomic E-state index is -1.23. The van der Waals surface area contributed by atoms with E-state index in [4.69, 9.17) is 10.2 Å². The van der Waals surface area contributed by atoms with Crippen LogP contribution in [0, 0.1) is 0 Å². The topological polar surface area (TPSA) is 69.6 Å². The summed E-state index contributed by atoms with van der Waals surface area (Å²) in [6.45, 7) is 4.48. The largest absolute Gasteiger partial charge is 0.479 e. The lowest BCUT2D eigenvalue weighted by Crippen LogP contribution is -2.30. The molecule has 0 saturated heterocycles. The number of carbonyl (C=O) groups is 1. The third kappa shape index (κ3) is 9.16. The van der Waals surface area contributed by atoms with Gasteiger partial charge in [-0.25, -0.2) is 4.79 Å². The number of carboxylic acids is 1. The van der Waals surface area contributed by atoms with Gasteiger partial charge in [0.05, 0.1) is 0 Å². The monoisotopic (exact) mass is 419 g/mol. The summed E-state index contributed by atoms with van der Waals surface area (Å²) in [6.07, 6.45) is 0.944. The molecule has 0 heterocycles. The molecule has 0 aliphatic carbocycles. The van der Waals surface area contributed by atoms with Crippen molar-refractivity contribution in [2.75, 3.05) is 6.54 Å². The summed E-state index contributed by atoms with van der Waals surface area (Å²) in [6, 6.07) is 32.9. The minimum absolute atomic E-state index is 0.443. The molecule has 2 atom stereocenters.